The molecule has 20 heavy (non-hydrogen) atoms. The van der Waals surface area contributed by atoms with Gasteiger partial charge in [-0.2, -0.15) is 4.98 Å². The molecule has 112 valence electrons. The SMILES string of the molecule is CCNc1nc(C(C)(C)C)nc(OC2CCCC2)c1C. The Morgan fingerprint density at radius 3 is 2.40 bits per heavy atom. The molecule has 1 fully saturated rings. The van der Waals surface area contributed by atoms with Gasteiger partial charge in [0.05, 0.1) is 5.56 Å². The molecule has 1 aromatic heterocycles. The number of hydrogen-bond donors (Lipinski definition) is 1. The molecule has 1 aliphatic carbocycles. The van der Waals surface area contributed by atoms with Crippen molar-refractivity contribution in [3.8, 4) is 5.88 Å². The molecule has 0 aliphatic heterocycles. The van der Waals surface area contributed by atoms with Crippen LogP contribution < -0.4 is 10.1 Å². The van der Waals surface area contributed by atoms with E-state index in [4.69, 9.17) is 4.74 Å². The van der Waals surface area contributed by atoms with Gasteiger partial charge in [0.15, 0.2) is 0 Å². The van der Waals surface area contributed by atoms with Crippen LogP contribution in [-0.4, -0.2) is 22.6 Å². The second kappa shape index (κ2) is 5.98. The minimum Gasteiger partial charge on any atom is -0.474 e. The molecule has 4 heteroatoms. The third-order valence-electron chi connectivity index (χ3n) is 3.70. The third kappa shape index (κ3) is 3.41. The monoisotopic (exact) mass is 277 g/mol. The van der Waals surface area contributed by atoms with Crippen molar-refractivity contribution in [2.24, 2.45) is 0 Å². The van der Waals surface area contributed by atoms with Gasteiger partial charge in [-0.15, -0.1) is 0 Å². The third-order valence-corrected chi connectivity index (χ3v) is 3.70. The summed E-state index contributed by atoms with van der Waals surface area (Å²) in [4.78, 5) is 9.34. The molecule has 0 saturated heterocycles. The molecule has 0 radical (unpaired) electrons. The Balaban J connectivity index is 2.34. The fourth-order valence-electron chi connectivity index (χ4n) is 2.45. The quantitative estimate of drug-likeness (QED) is 0.908. The molecule has 0 aromatic carbocycles. The highest BCUT2D eigenvalue weighted by Gasteiger charge is 2.24. The maximum atomic E-state index is 6.14. The molecule has 1 N–H and O–H groups in total. The lowest BCUT2D eigenvalue weighted by Crippen LogP contribution is -2.21. The lowest BCUT2D eigenvalue weighted by Gasteiger charge is -2.22. The van der Waals surface area contributed by atoms with Gasteiger partial charge in [0.25, 0.3) is 0 Å². The van der Waals surface area contributed by atoms with Crippen LogP contribution in [0, 0.1) is 6.92 Å². The number of nitrogens with one attached hydrogen (secondary N) is 1. The number of hydrogen-bond acceptors (Lipinski definition) is 4. The maximum Gasteiger partial charge on any atom is 0.222 e. The summed E-state index contributed by atoms with van der Waals surface area (Å²) in [6.07, 6.45) is 5.14. The van der Waals surface area contributed by atoms with Crippen LogP contribution in [0.5, 0.6) is 5.88 Å². The van der Waals surface area contributed by atoms with Gasteiger partial charge in [-0.25, -0.2) is 4.98 Å². The van der Waals surface area contributed by atoms with E-state index in [1.54, 1.807) is 0 Å². The minimum absolute atomic E-state index is 0.0777. The highest BCUT2D eigenvalue weighted by molar-refractivity contribution is 5.49. The van der Waals surface area contributed by atoms with Gasteiger partial charge in [0, 0.05) is 12.0 Å². The van der Waals surface area contributed by atoms with Gasteiger partial charge in [0.2, 0.25) is 5.88 Å². The zero-order valence-electron chi connectivity index (χ0n) is 13.4. The average molecular weight is 277 g/mol. The Labute approximate surface area is 122 Å². The predicted molar refractivity (Wildman–Crippen MR) is 82.5 cm³/mol. The van der Waals surface area contributed by atoms with Crippen LogP contribution in [0.2, 0.25) is 0 Å². The zero-order valence-corrected chi connectivity index (χ0v) is 13.4. The average Bonchev–Trinajstić information content (AvgIpc) is 2.86. The van der Waals surface area contributed by atoms with Crippen LogP contribution in [0.1, 0.15) is 64.8 Å². The van der Waals surface area contributed by atoms with E-state index in [-0.39, 0.29) is 5.41 Å². The fraction of sp³-hybridized carbons (Fsp3) is 0.750. The van der Waals surface area contributed by atoms with E-state index in [9.17, 15) is 0 Å². The van der Waals surface area contributed by atoms with Crippen LogP contribution in [0.3, 0.4) is 0 Å². The molecule has 0 bridgehead atoms. The first-order valence-electron chi connectivity index (χ1n) is 7.71. The van der Waals surface area contributed by atoms with Gasteiger partial charge >= 0.3 is 0 Å². The van der Waals surface area contributed by atoms with Gasteiger partial charge < -0.3 is 10.1 Å². The molecule has 0 amide bonds. The Hall–Kier alpha value is -1.32. The normalized spacial score (nSPS) is 16.4. The number of rotatable bonds is 4. The van der Waals surface area contributed by atoms with Crippen LogP contribution in [0.4, 0.5) is 5.82 Å². The van der Waals surface area contributed by atoms with Gasteiger partial charge in [-0.1, -0.05) is 20.8 Å². The Morgan fingerprint density at radius 1 is 1.20 bits per heavy atom. The standard InChI is InChI=1S/C16H27N3O/c1-6-17-13-11(2)14(20-12-9-7-8-10-12)19-15(18-13)16(3,4)5/h12H,6-10H2,1-5H3,(H,17,18,19). The first-order valence-corrected chi connectivity index (χ1v) is 7.71. The molecule has 1 aromatic rings. The zero-order chi connectivity index (χ0) is 14.8. The summed E-state index contributed by atoms with van der Waals surface area (Å²) in [7, 11) is 0. The van der Waals surface area contributed by atoms with E-state index in [0.717, 1.165) is 42.5 Å². The highest BCUT2D eigenvalue weighted by atomic mass is 16.5. The number of anilines is 1. The molecular formula is C16H27N3O. The van der Waals surface area contributed by atoms with Crippen LogP contribution in [0.25, 0.3) is 0 Å². The largest absolute Gasteiger partial charge is 0.474 e. The second-order valence-corrected chi connectivity index (χ2v) is 6.63. The van der Waals surface area contributed by atoms with Crippen molar-refractivity contribution in [1.29, 1.82) is 0 Å². The molecule has 1 saturated carbocycles. The predicted octanol–water partition coefficient (Wildman–Crippen LogP) is 3.84. The summed E-state index contributed by atoms with van der Waals surface area (Å²) in [6, 6.07) is 0. The molecule has 1 aliphatic rings. The number of nitrogens with zero attached hydrogens (tertiary/aromatic N) is 2. The molecule has 1 heterocycles. The maximum absolute atomic E-state index is 6.14. The first kappa shape index (κ1) is 15.1. The Kier molecular flexibility index (Phi) is 4.51. The summed E-state index contributed by atoms with van der Waals surface area (Å²) in [6.45, 7) is 11.4. The molecule has 0 spiro atoms. The van der Waals surface area contributed by atoms with Crippen molar-refractivity contribution in [3.63, 3.8) is 0 Å². The molecule has 4 nitrogen and oxygen atoms in total. The first-order chi connectivity index (χ1) is 9.41. The summed E-state index contributed by atoms with van der Waals surface area (Å²) in [5.41, 5.74) is 0.942. The van der Waals surface area contributed by atoms with Crippen LogP contribution >= 0.6 is 0 Å². The van der Waals surface area contributed by atoms with E-state index in [0.29, 0.717) is 6.10 Å². The minimum atomic E-state index is -0.0777. The van der Waals surface area contributed by atoms with E-state index >= 15 is 0 Å². The van der Waals surface area contributed by atoms with Crippen LogP contribution in [0.15, 0.2) is 0 Å². The van der Waals surface area contributed by atoms with Crippen molar-refractivity contribution in [2.75, 3.05) is 11.9 Å². The van der Waals surface area contributed by atoms with Gasteiger partial charge in [-0.3, -0.25) is 0 Å². The van der Waals surface area contributed by atoms with Crippen molar-refractivity contribution >= 4 is 5.82 Å². The van der Waals surface area contributed by atoms with E-state index in [1.165, 1.54) is 12.8 Å². The fourth-order valence-corrected chi connectivity index (χ4v) is 2.45. The van der Waals surface area contributed by atoms with E-state index in [2.05, 4.69) is 43.0 Å². The van der Waals surface area contributed by atoms with Crippen LogP contribution in [-0.2, 0) is 5.41 Å². The van der Waals surface area contributed by atoms with E-state index in [1.807, 2.05) is 6.92 Å². The number of aromatic nitrogens is 2. The molecule has 0 unspecified atom stereocenters. The Morgan fingerprint density at radius 2 is 1.85 bits per heavy atom. The lowest BCUT2D eigenvalue weighted by molar-refractivity contribution is 0.198. The van der Waals surface area contributed by atoms with Crippen molar-refractivity contribution in [3.05, 3.63) is 11.4 Å². The van der Waals surface area contributed by atoms with E-state index < -0.39 is 0 Å². The summed E-state index contributed by atoms with van der Waals surface area (Å²) in [5, 5.41) is 3.32. The van der Waals surface area contributed by atoms with Gasteiger partial charge in [0.1, 0.15) is 17.7 Å². The highest BCUT2D eigenvalue weighted by Crippen LogP contribution is 2.30. The lowest BCUT2D eigenvalue weighted by atomic mass is 9.95. The summed E-state index contributed by atoms with van der Waals surface area (Å²) in [5.74, 6) is 2.50. The van der Waals surface area contributed by atoms with Crippen molar-refractivity contribution < 1.29 is 4.74 Å². The van der Waals surface area contributed by atoms with Gasteiger partial charge in [-0.05, 0) is 39.5 Å². The van der Waals surface area contributed by atoms with Crippen molar-refractivity contribution in [1.82, 2.24) is 9.97 Å². The topological polar surface area (TPSA) is 47.0 Å². The molecule has 0 atom stereocenters. The summed E-state index contributed by atoms with van der Waals surface area (Å²) >= 11 is 0. The second-order valence-electron chi connectivity index (χ2n) is 6.63. The van der Waals surface area contributed by atoms with Crippen molar-refractivity contribution in [2.45, 2.75) is 71.8 Å². The molecule has 2 rings (SSSR count). The smallest absolute Gasteiger partial charge is 0.222 e. The number of ether oxygens (including phenoxy) is 1. The molecular weight excluding hydrogens is 250 g/mol. The Bertz CT molecular complexity index is 460. The summed E-state index contributed by atoms with van der Waals surface area (Å²) < 4.78 is 6.14.